The number of rotatable bonds is 5. The Labute approximate surface area is 134 Å². The van der Waals surface area contributed by atoms with E-state index in [2.05, 4.69) is 16.7 Å². The number of carbonyl (C=O) groups excluding carboxylic acids is 2. The fourth-order valence-electron chi connectivity index (χ4n) is 3.26. The van der Waals surface area contributed by atoms with Crippen molar-refractivity contribution >= 4 is 23.2 Å². The van der Waals surface area contributed by atoms with Gasteiger partial charge in [0.25, 0.3) is 0 Å². The van der Waals surface area contributed by atoms with Gasteiger partial charge in [0.15, 0.2) is 0 Å². The summed E-state index contributed by atoms with van der Waals surface area (Å²) in [6.07, 6.45) is 1.66. The molecule has 1 aromatic rings. The SMILES string of the molecule is C[C@@H](C(=O)NCc1cc2c(s1)CNC2)N1CCCC1C(N)=O. The van der Waals surface area contributed by atoms with E-state index in [1.165, 1.54) is 15.3 Å². The van der Waals surface area contributed by atoms with Gasteiger partial charge >= 0.3 is 0 Å². The number of hydrogen-bond acceptors (Lipinski definition) is 5. The maximum Gasteiger partial charge on any atom is 0.237 e. The second-order valence-corrected chi connectivity index (χ2v) is 7.18. The minimum atomic E-state index is -0.334. The van der Waals surface area contributed by atoms with Gasteiger partial charge in [0.1, 0.15) is 0 Å². The quantitative estimate of drug-likeness (QED) is 0.728. The van der Waals surface area contributed by atoms with Crippen molar-refractivity contribution in [3.63, 3.8) is 0 Å². The van der Waals surface area contributed by atoms with Crippen LogP contribution in [0.5, 0.6) is 0 Å². The number of thiophene rings is 1. The third kappa shape index (κ3) is 3.02. The van der Waals surface area contributed by atoms with Crippen LogP contribution in [0.15, 0.2) is 6.07 Å². The Morgan fingerprint density at radius 1 is 1.55 bits per heavy atom. The summed E-state index contributed by atoms with van der Waals surface area (Å²) in [5.41, 5.74) is 6.76. The lowest BCUT2D eigenvalue weighted by Gasteiger charge is -2.27. The summed E-state index contributed by atoms with van der Waals surface area (Å²) in [5, 5.41) is 6.28. The number of amides is 2. The molecule has 120 valence electrons. The fourth-order valence-corrected chi connectivity index (χ4v) is 4.35. The molecule has 1 aromatic heterocycles. The molecular formula is C15H22N4O2S. The van der Waals surface area contributed by atoms with Crippen LogP contribution in [0.2, 0.25) is 0 Å². The smallest absolute Gasteiger partial charge is 0.237 e. The third-order valence-electron chi connectivity index (χ3n) is 4.49. The second-order valence-electron chi connectivity index (χ2n) is 5.96. The van der Waals surface area contributed by atoms with E-state index in [0.29, 0.717) is 6.54 Å². The molecular weight excluding hydrogens is 300 g/mol. The van der Waals surface area contributed by atoms with E-state index < -0.39 is 0 Å². The van der Waals surface area contributed by atoms with E-state index in [4.69, 9.17) is 5.73 Å². The van der Waals surface area contributed by atoms with E-state index in [9.17, 15) is 9.59 Å². The van der Waals surface area contributed by atoms with Crippen LogP contribution in [0.3, 0.4) is 0 Å². The van der Waals surface area contributed by atoms with Crippen molar-refractivity contribution in [2.45, 2.75) is 51.5 Å². The summed E-state index contributed by atoms with van der Waals surface area (Å²) < 4.78 is 0. The molecule has 2 atom stereocenters. The summed E-state index contributed by atoms with van der Waals surface area (Å²) in [6, 6.07) is 1.53. The van der Waals surface area contributed by atoms with Crippen molar-refractivity contribution < 1.29 is 9.59 Å². The largest absolute Gasteiger partial charge is 0.368 e. The van der Waals surface area contributed by atoms with E-state index in [1.807, 2.05) is 11.8 Å². The lowest BCUT2D eigenvalue weighted by molar-refractivity contribution is -0.129. The molecule has 2 amide bonds. The van der Waals surface area contributed by atoms with E-state index in [1.54, 1.807) is 11.3 Å². The molecule has 3 rings (SSSR count). The molecule has 0 aromatic carbocycles. The Morgan fingerprint density at radius 3 is 3.09 bits per heavy atom. The van der Waals surface area contributed by atoms with E-state index >= 15 is 0 Å². The van der Waals surface area contributed by atoms with Crippen LogP contribution in [0.1, 0.15) is 35.1 Å². The molecule has 4 N–H and O–H groups in total. The lowest BCUT2D eigenvalue weighted by Crippen LogP contribution is -2.50. The first-order chi connectivity index (χ1) is 10.6. The molecule has 2 aliphatic rings. The number of likely N-dealkylation sites (tertiary alicyclic amines) is 1. The first-order valence-corrected chi connectivity index (χ1v) is 8.52. The number of nitrogens with two attached hydrogens (primary N) is 1. The first kappa shape index (κ1) is 15.5. The summed E-state index contributed by atoms with van der Waals surface area (Å²) in [7, 11) is 0. The number of nitrogens with zero attached hydrogens (tertiary/aromatic N) is 1. The van der Waals surface area contributed by atoms with Crippen LogP contribution < -0.4 is 16.4 Å². The number of nitrogens with one attached hydrogen (secondary N) is 2. The molecule has 2 aliphatic heterocycles. The Kier molecular flexibility index (Phi) is 4.46. The van der Waals surface area contributed by atoms with E-state index in [0.717, 1.165) is 32.5 Å². The Morgan fingerprint density at radius 2 is 2.36 bits per heavy atom. The second kappa shape index (κ2) is 6.36. The van der Waals surface area contributed by atoms with Gasteiger partial charge in [-0.25, -0.2) is 0 Å². The molecule has 1 fully saturated rings. The third-order valence-corrected chi connectivity index (χ3v) is 5.66. The van der Waals surface area contributed by atoms with Gasteiger partial charge in [-0.15, -0.1) is 11.3 Å². The topological polar surface area (TPSA) is 87.5 Å². The maximum absolute atomic E-state index is 12.3. The molecule has 0 bridgehead atoms. The molecule has 7 heteroatoms. The molecule has 3 heterocycles. The predicted molar refractivity (Wildman–Crippen MR) is 85.1 cm³/mol. The number of carbonyl (C=O) groups is 2. The summed E-state index contributed by atoms with van der Waals surface area (Å²) in [4.78, 5) is 28.2. The Bertz CT molecular complexity index is 565. The van der Waals surface area contributed by atoms with Crippen LogP contribution in [-0.2, 0) is 29.2 Å². The van der Waals surface area contributed by atoms with Gasteiger partial charge in [-0.3, -0.25) is 14.5 Å². The number of fused-ring (bicyclic) bond motifs is 1. The molecule has 0 aliphatic carbocycles. The van der Waals surface area contributed by atoms with Crippen molar-refractivity contribution in [1.29, 1.82) is 0 Å². The predicted octanol–water partition coefficient (Wildman–Crippen LogP) is 0.306. The zero-order valence-corrected chi connectivity index (χ0v) is 13.5. The fraction of sp³-hybridized carbons (Fsp3) is 0.600. The molecule has 0 saturated carbocycles. The van der Waals surface area contributed by atoms with Crippen molar-refractivity contribution in [1.82, 2.24) is 15.5 Å². The number of primary amides is 1. The molecule has 1 saturated heterocycles. The van der Waals surface area contributed by atoms with Gasteiger partial charge < -0.3 is 16.4 Å². The molecule has 0 radical (unpaired) electrons. The highest BCUT2D eigenvalue weighted by atomic mass is 32.1. The zero-order chi connectivity index (χ0) is 15.7. The Balaban J connectivity index is 1.55. The summed E-state index contributed by atoms with van der Waals surface area (Å²) in [6.45, 7) is 4.99. The van der Waals surface area contributed by atoms with Crippen LogP contribution in [0.4, 0.5) is 0 Å². The average molecular weight is 322 g/mol. The standard InChI is InChI=1S/C15H22N4O2S/c1-9(19-4-2-3-12(19)14(16)20)15(21)18-7-11-5-10-6-17-8-13(10)22-11/h5,9,12,17H,2-4,6-8H2,1H3,(H2,16,20)(H,18,21)/t9-,12?/m0/s1. The van der Waals surface area contributed by atoms with Crippen molar-refractivity contribution in [2.24, 2.45) is 5.73 Å². The van der Waals surface area contributed by atoms with Crippen molar-refractivity contribution in [2.75, 3.05) is 6.54 Å². The van der Waals surface area contributed by atoms with Crippen LogP contribution in [-0.4, -0.2) is 35.3 Å². The highest BCUT2D eigenvalue weighted by Crippen LogP contribution is 2.26. The lowest BCUT2D eigenvalue weighted by atomic mass is 10.2. The summed E-state index contributed by atoms with van der Waals surface area (Å²) in [5.74, 6) is -0.376. The molecule has 6 nitrogen and oxygen atoms in total. The van der Waals surface area contributed by atoms with Gasteiger partial charge in [-0.05, 0) is 37.9 Å². The molecule has 1 unspecified atom stereocenters. The first-order valence-electron chi connectivity index (χ1n) is 7.70. The average Bonchev–Trinajstić information content (AvgIpc) is 3.17. The van der Waals surface area contributed by atoms with Gasteiger partial charge in [0, 0.05) is 22.8 Å². The Hall–Kier alpha value is -1.44. The highest BCUT2D eigenvalue weighted by Gasteiger charge is 2.35. The molecule has 0 spiro atoms. The van der Waals surface area contributed by atoms with Crippen molar-refractivity contribution in [3.8, 4) is 0 Å². The molecule has 22 heavy (non-hydrogen) atoms. The van der Waals surface area contributed by atoms with Gasteiger partial charge in [0.2, 0.25) is 11.8 Å². The zero-order valence-electron chi connectivity index (χ0n) is 12.7. The number of hydrogen-bond donors (Lipinski definition) is 3. The van der Waals surface area contributed by atoms with Gasteiger partial charge in [-0.2, -0.15) is 0 Å². The maximum atomic E-state index is 12.3. The van der Waals surface area contributed by atoms with Gasteiger partial charge in [-0.1, -0.05) is 0 Å². The van der Waals surface area contributed by atoms with Crippen LogP contribution in [0, 0.1) is 0 Å². The normalized spacial score (nSPS) is 22.5. The van der Waals surface area contributed by atoms with E-state index in [-0.39, 0.29) is 23.9 Å². The van der Waals surface area contributed by atoms with Crippen molar-refractivity contribution in [3.05, 3.63) is 21.4 Å². The van der Waals surface area contributed by atoms with Crippen LogP contribution >= 0.6 is 11.3 Å². The minimum absolute atomic E-state index is 0.0418. The minimum Gasteiger partial charge on any atom is -0.368 e. The monoisotopic (exact) mass is 322 g/mol. The summed E-state index contributed by atoms with van der Waals surface area (Å²) >= 11 is 1.75. The van der Waals surface area contributed by atoms with Gasteiger partial charge in [0.05, 0.1) is 18.6 Å². The van der Waals surface area contributed by atoms with Crippen LogP contribution in [0.25, 0.3) is 0 Å². The highest BCUT2D eigenvalue weighted by molar-refractivity contribution is 7.12.